The van der Waals surface area contributed by atoms with E-state index < -0.39 is 17.6 Å². The standard InChI is InChI=1S/C12H16F4N2/c1-17-6-3-7-18(2)11-5-4-9(8-10(11)13)12(14,15)16/h4-5,8,17H,3,6-7H2,1-2H3. The largest absolute Gasteiger partial charge is 0.416 e. The zero-order valence-corrected chi connectivity index (χ0v) is 10.3. The molecule has 0 aliphatic rings. The molecule has 1 N–H and O–H groups in total. The first kappa shape index (κ1) is 14.8. The molecule has 6 heteroatoms. The van der Waals surface area contributed by atoms with E-state index in [2.05, 4.69) is 5.32 Å². The van der Waals surface area contributed by atoms with Gasteiger partial charge in [0.2, 0.25) is 0 Å². The number of nitrogens with zero attached hydrogens (tertiary/aromatic N) is 1. The minimum atomic E-state index is -4.51. The van der Waals surface area contributed by atoms with Crippen LogP contribution in [0.5, 0.6) is 0 Å². The second-order valence-electron chi connectivity index (χ2n) is 4.04. The van der Waals surface area contributed by atoms with Crippen LogP contribution < -0.4 is 10.2 Å². The van der Waals surface area contributed by atoms with E-state index in [1.807, 2.05) is 0 Å². The first-order valence-corrected chi connectivity index (χ1v) is 5.58. The third-order valence-corrected chi connectivity index (χ3v) is 2.61. The first-order chi connectivity index (χ1) is 8.36. The molecule has 0 saturated carbocycles. The van der Waals surface area contributed by atoms with Crippen molar-refractivity contribution >= 4 is 5.69 Å². The predicted molar refractivity (Wildman–Crippen MR) is 63.2 cm³/mol. The van der Waals surface area contributed by atoms with Crippen LogP contribution in [0.3, 0.4) is 0 Å². The van der Waals surface area contributed by atoms with Gasteiger partial charge in [0.05, 0.1) is 11.3 Å². The SMILES string of the molecule is CNCCCN(C)c1ccc(C(F)(F)F)cc1F. The van der Waals surface area contributed by atoms with Crippen molar-refractivity contribution in [2.75, 3.05) is 32.1 Å². The van der Waals surface area contributed by atoms with Crippen LogP contribution in [0.2, 0.25) is 0 Å². The molecule has 0 saturated heterocycles. The average molecular weight is 264 g/mol. The molecule has 0 aliphatic heterocycles. The molecule has 1 aromatic rings. The van der Waals surface area contributed by atoms with Crippen LogP contribution >= 0.6 is 0 Å². The number of hydrogen-bond acceptors (Lipinski definition) is 2. The molecule has 0 radical (unpaired) electrons. The highest BCUT2D eigenvalue weighted by molar-refractivity contribution is 5.48. The van der Waals surface area contributed by atoms with Gasteiger partial charge < -0.3 is 10.2 Å². The summed E-state index contributed by atoms with van der Waals surface area (Å²) in [5.74, 6) is -0.850. The van der Waals surface area contributed by atoms with E-state index in [-0.39, 0.29) is 5.69 Å². The number of alkyl halides is 3. The maximum Gasteiger partial charge on any atom is 0.416 e. The fourth-order valence-corrected chi connectivity index (χ4v) is 1.61. The van der Waals surface area contributed by atoms with Gasteiger partial charge in [-0.3, -0.25) is 0 Å². The van der Waals surface area contributed by atoms with Gasteiger partial charge >= 0.3 is 6.18 Å². The van der Waals surface area contributed by atoms with Crippen molar-refractivity contribution < 1.29 is 17.6 Å². The lowest BCUT2D eigenvalue weighted by atomic mass is 10.1. The summed E-state index contributed by atoms with van der Waals surface area (Å²) in [6, 6.07) is 2.59. The number of nitrogens with one attached hydrogen (secondary N) is 1. The van der Waals surface area contributed by atoms with Crippen molar-refractivity contribution in [2.45, 2.75) is 12.6 Å². The zero-order chi connectivity index (χ0) is 13.8. The molecule has 0 atom stereocenters. The quantitative estimate of drug-likeness (QED) is 0.650. The smallest absolute Gasteiger partial charge is 0.372 e. The summed E-state index contributed by atoms with van der Waals surface area (Å²) in [5, 5.41) is 2.95. The minimum Gasteiger partial charge on any atom is -0.372 e. The number of rotatable bonds is 5. The Morgan fingerprint density at radius 3 is 2.44 bits per heavy atom. The van der Waals surface area contributed by atoms with Crippen LogP contribution in [-0.4, -0.2) is 27.2 Å². The monoisotopic (exact) mass is 264 g/mol. The summed E-state index contributed by atoms with van der Waals surface area (Å²) >= 11 is 0. The highest BCUT2D eigenvalue weighted by atomic mass is 19.4. The Bertz CT molecular complexity index is 390. The van der Waals surface area contributed by atoms with Gasteiger partial charge in [-0.2, -0.15) is 13.2 Å². The summed E-state index contributed by atoms with van der Waals surface area (Å²) in [6.07, 6.45) is -3.72. The summed E-state index contributed by atoms with van der Waals surface area (Å²) in [5.41, 5.74) is -0.786. The van der Waals surface area contributed by atoms with Crippen LogP contribution in [0.15, 0.2) is 18.2 Å². The number of hydrogen-bond donors (Lipinski definition) is 1. The van der Waals surface area contributed by atoms with Crippen molar-refractivity contribution in [3.63, 3.8) is 0 Å². The Labute approximate surface area is 104 Å². The van der Waals surface area contributed by atoms with Crippen molar-refractivity contribution in [1.82, 2.24) is 5.32 Å². The molecule has 0 unspecified atom stereocenters. The average Bonchev–Trinajstić information content (AvgIpc) is 2.27. The van der Waals surface area contributed by atoms with Gasteiger partial charge in [-0.15, -0.1) is 0 Å². The Hall–Kier alpha value is -1.30. The third kappa shape index (κ3) is 3.87. The van der Waals surface area contributed by atoms with Crippen molar-refractivity contribution in [2.24, 2.45) is 0 Å². The van der Waals surface area contributed by atoms with Crippen LogP contribution in [-0.2, 0) is 6.18 Å². The van der Waals surface area contributed by atoms with Gasteiger partial charge in [0.15, 0.2) is 0 Å². The lowest BCUT2D eigenvalue weighted by Crippen LogP contribution is -2.23. The second-order valence-corrected chi connectivity index (χ2v) is 4.04. The molecule has 1 aromatic carbocycles. The van der Waals surface area contributed by atoms with Gasteiger partial charge in [0.25, 0.3) is 0 Å². The van der Waals surface area contributed by atoms with E-state index in [9.17, 15) is 17.6 Å². The maximum atomic E-state index is 13.6. The molecule has 0 amide bonds. The van der Waals surface area contributed by atoms with Gasteiger partial charge in [-0.25, -0.2) is 4.39 Å². The first-order valence-electron chi connectivity index (χ1n) is 5.58. The van der Waals surface area contributed by atoms with Crippen molar-refractivity contribution in [3.8, 4) is 0 Å². The number of halogens is 4. The molecule has 0 heterocycles. The Morgan fingerprint density at radius 1 is 1.28 bits per heavy atom. The predicted octanol–water partition coefficient (Wildman–Crippen LogP) is 2.89. The minimum absolute atomic E-state index is 0.180. The van der Waals surface area contributed by atoms with Gasteiger partial charge in [-0.1, -0.05) is 0 Å². The number of benzene rings is 1. The maximum absolute atomic E-state index is 13.6. The van der Waals surface area contributed by atoms with E-state index in [0.29, 0.717) is 12.6 Å². The molecule has 18 heavy (non-hydrogen) atoms. The van der Waals surface area contributed by atoms with E-state index in [1.165, 1.54) is 0 Å². The Balaban J connectivity index is 2.79. The topological polar surface area (TPSA) is 15.3 Å². The Morgan fingerprint density at radius 2 is 1.94 bits per heavy atom. The lowest BCUT2D eigenvalue weighted by Gasteiger charge is -2.20. The van der Waals surface area contributed by atoms with Crippen LogP contribution in [0.25, 0.3) is 0 Å². The highest BCUT2D eigenvalue weighted by Gasteiger charge is 2.31. The van der Waals surface area contributed by atoms with Gasteiger partial charge in [0.1, 0.15) is 5.82 Å². The lowest BCUT2D eigenvalue weighted by molar-refractivity contribution is -0.137. The van der Waals surface area contributed by atoms with Crippen molar-refractivity contribution in [1.29, 1.82) is 0 Å². The summed E-state index contributed by atoms with van der Waals surface area (Å²) in [4.78, 5) is 1.60. The fraction of sp³-hybridized carbons (Fsp3) is 0.500. The molecule has 0 aliphatic carbocycles. The van der Waals surface area contributed by atoms with E-state index in [1.54, 1.807) is 19.0 Å². The molecular weight excluding hydrogens is 248 g/mol. The molecule has 2 nitrogen and oxygen atoms in total. The number of anilines is 1. The second kappa shape index (κ2) is 6.04. The summed E-state index contributed by atoms with van der Waals surface area (Å²) in [7, 11) is 3.46. The molecule has 0 spiro atoms. The molecule has 0 bridgehead atoms. The zero-order valence-electron chi connectivity index (χ0n) is 10.3. The van der Waals surface area contributed by atoms with Crippen LogP contribution in [0, 0.1) is 5.82 Å². The summed E-state index contributed by atoms with van der Waals surface area (Å²) < 4.78 is 50.7. The summed E-state index contributed by atoms with van der Waals surface area (Å²) in [6.45, 7) is 1.34. The van der Waals surface area contributed by atoms with E-state index in [0.717, 1.165) is 25.1 Å². The van der Waals surface area contributed by atoms with Crippen LogP contribution in [0.1, 0.15) is 12.0 Å². The van der Waals surface area contributed by atoms with Crippen molar-refractivity contribution in [3.05, 3.63) is 29.6 Å². The molecule has 0 fully saturated rings. The van der Waals surface area contributed by atoms with Gasteiger partial charge in [0, 0.05) is 13.6 Å². The van der Waals surface area contributed by atoms with Gasteiger partial charge in [-0.05, 0) is 38.2 Å². The molecule has 1 rings (SSSR count). The highest BCUT2D eigenvalue weighted by Crippen LogP contribution is 2.31. The Kier molecular flexibility index (Phi) is 4.95. The normalized spacial score (nSPS) is 11.7. The fourth-order valence-electron chi connectivity index (χ4n) is 1.61. The van der Waals surface area contributed by atoms with E-state index >= 15 is 0 Å². The third-order valence-electron chi connectivity index (χ3n) is 2.61. The molecule has 0 aromatic heterocycles. The molecular formula is C12H16F4N2. The molecule has 102 valence electrons. The van der Waals surface area contributed by atoms with E-state index in [4.69, 9.17) is 0 Å². The van der Waals surface area contributed by atoms with Crippen LogP contribution in [0.4, 0.5) is 23.2 Å².